The minimum Gasteiger partial charge on any atom is -0.381 e. The monoisotopic (exact) mass is 475 g/mol. The molecule has 0 aromatic heterocycles. The summed E-state index contributed by atoms with van der Waals surface area (Å²) >= 11 is 0. The lowest BCUT2D eigenvalue weighted by atomic mass is 9.90. The summed E-state index contributed by atoms with van der Waals surface area (Å²) in [5.74, 6) is 1.78. The zero-order valence-corrected chi connectivity index (χ0v) is 18.6. The summed E-state index contributed by atoms with van der Waals surface area (Å²) in [6.07, 6.45) is 5.51. The molecule has 0 atom stereocenters. The van der Waals surface area contributed by atoms with Gasteiger partial charge in [-0.05, 0) is 37.0 Å². The van der Waals surface area contributed by atoms with E-state index in [0.29, 0.717) is 13.0 Å². The molecule has 2 N–H and O–H groups in total. The first kappa shape index (κ1) is 23.9. The van der Waals surface area contributed by atoms with Crippen LogP contribution in [0.25, 0.3) is 0 Å². The summed E-state index contributed by atoms with van der Waals surface area (Å²) in [7, 11) is -1.18. The van der Waals surface area contributed by atoms with Crippen molar-refractivity contribution in [1.82, 2.24) is 10.6 Å². The average molecular weight is 475 g/mol. The summed E-state index contributed by atoms with van der Waals surface area (Å²) in [4.78, 5) is 4.19. The van der Waals surface area contributed by atoms with Crippen LogP contribution in [0.4, 0.5) is 0 Å². The van der Waals surface area contributed by atoms with Crippen LogP contribution in [-0.2, 0) is 14.6 Å². The van der Waals surface area contributed by atoms with E-state index >= 15 is 0 Å². The second kappa shape index (κ2) is 11.5. The second-order valence-corrected chi connectivity index (χ2v) is 9.53. The van der Waals surface area contributed by atoms with Gasteiger partial charge in [-0.15, -0.1) is 24.0 Å². The van der Waals surface area contributed by atoms with E-state index in [-0.39, 0.29) is 35.1 Å². The van der Waals surface area contributed by atoms with Crippen LogP contribution >= 0.6 is 24.0 Å². The number of hydrogen-bond donors (Lipinski definition) is 2. The lowest BCUT2D eigenvalue weighted by molar-refractivity contribution is 0.123. The van der Waals surface area contributed by atoms with Gasteiger partial charge in [-0.25, -0.2) is 8.42 Å². The van der Waals surface area contributed by atoms with E-state index < -0.39 is 9.84 Å². The average Bonchev–Trinajstić information content (AvgIpc) is 3.27. The maximum absolute atomic E-state index is 11.3. The summed E-state index contributed by atoms with van der Waals surface area (Å²) in [6.45, 7) is 7.30. The van der Waals surface area contributed by atoms with Gasteiger partial charge in [0.05, 0.1) is 5.75 Å². The molecule has 0 aromatic rings. The number of guanidine groups is 1. The van der Waals surface area contributed by atoms with Crippen LogP contribution in [0.2, 0.25) is 0 Å². The normalized spacial score (nSPS) is 15.8. The fourth-order valence-corrected chi connectivity index (χ4v) is 2.93. The topological polar surface area (TPSA) is 79.8 Å². The first-order chi connectivity index (χ1) is 10.7. The van der Waals surface area contributed by atoms with Crippen LogP contribution in [0.5, 0.6) is 0 Å². The predicted molar refractivity (Wildman–Crippen MR) is 111 cm³/mol. The highest BCUT2D eigenvalue weighted by Gasteiger charge is 2.21. The highest BCUT2D eigenvalue weighted by Crippen LogP contribution is 2.28. The van der Waals surface area contributed by atoms with Gasteiger partial charge in [-0.2, -0.15) is 0 Å². The highest BCUT2D eigenvalue weighted by molar-refractivity contribution is 14.0. The molecule has 0 unspecified atom stereocenters. The molecule has 0 aliphatic heterocycles. The van der Waals surface area contributed by atoms with Crippen molar-refractivity contribution < 1.29 is 13.2 Å². The Kier molecular flexibility index (Phi) is 11.5. The van der Waals surface area contributed by atoms with Gasteiger partial charge in [0.2, 0.25) is 0 Å². The van der Waals surface area contributed by atoms with Crippen LogP contribution in [-0.4, -0.2) is 59.7 Å². The largest absolute Gasteiger partial charge is 0.381 e. The molecule has 8 heteroatoms. The van der Waals surface area contributed by atoms with Gasteiger partial charge in [0.1, 0.15) is 9.84 Å². The second-order valence-electron chi connectivity index (χ2n) is 7.27. The molecular weight excluding hydrogens is 441 g/mol. The van der Waals surface area contributed by atoms with Crippen molar-refractivity contribution >= 4 is 39.8 Å². The molecule has 6 nitrogen and oxygen atoms in total. The van der Waals surface area contributed by atoms with E-state index in [4.69, 9.17) is 4.74 Å². The highest BCUT2D eigenvalue weighted by atomic mass is 127. The van der Waals surface area contributed by atoms with E-state index in [0.717, 1.165) is 38.1 Å². The summed E-state index contributed by atoms with van der Waals surface area (Å²) in [6, 6.07) is 0. The summed E-state index contributed by atoms with van der Waals surface area (Å²) < 4.78 is 28.1. The zero-order chi connectivity index (χ0) is 17.3. The van der Waals surface area contributed by atoms with E-state index in [1.54, 1.807) is 7.05 Å². The van der Waals surface area contributed by atoms with Crippen LogP contribution in [0, 0.1) is 11.3 Å². The standard InChI is InChI=1S/C16H33N3O3S.HI/c1-16(2,8-11-23(4,20)21)13-19-15(17-3)18-9-5-10-22-12-14-6-7-14;/h14H,5-13H2,1-4H3,(H2,17,18,19);1H. The maximum Gasteiger partial charge on any atom is 0.190 e. The molecule has 1 fully saturated rings. The number of nitrogens with one attached hydrogen (secondary N) is 2. The molecular formula is C16H34IN3O3S. The Balaban J connectivity index is 0.00000529. The third kappa shape index (κ3) is 13.2. The molecule has 1 aliphatic rings. The van der Waals surface area contributed by atoms with Gasteiger partial charge in [-0.1, -0.05) is 13.8 Å². The van der Waals surface area contributed by atoms with Gasteiger partial charge >= 0.3 is 0 Å². The zero-order valence-electron chi connectivity index (χ0n) is 15.4. The fourth-order valence-electron chi connectivity index (χ4n) is 2.01. The molecule has 0 aromatic carbocycles. The van der Waals surface area contributed by atoms with Crippen LogP contribution < -0.4 is 10.6 Å². The van der Waals surface area contributed by atoms with E-state index in [1.165, 1.54) is 19.1 Å². The summed E-state index contributed by atoms with van der Waals surface area (Å²) in [5.41, 5.74) is -0.103. The SMILES string of the molecule is CN=C(NCCCOCC1CC1)NCC(C)(C)CCS(C)(=O)=O.I. The van der Waals surface area contributed by atoms with E-state index in [1.807, 2.05) is 0 Å². The first-order valence-corrected chi connectivity index (χ1v) is 10.5. The van der Waals surface area contributed by atoms with Crippen molar-refractivity contribution in [3.63, 3.8) is 0 Å². The molecule has 0 saturated heterocycles. The fraction of sp³-hybridized carbons (Fsp3) is 0.938. The number of halogens is 1. The maximum atomic E-state index is 11.3. The van der Waals surface area contributed by atoms with Crippen molar-refractivity contribution in [2.75, 3.05) is 45.4 Å². The van der Waals surface area contributed by atoms with Gasteiger partial charge in [0, 0.05) is 39.6 Å². The molecule has 24 heavy (non-hydrogen) atoms. The van der Waals surface area contributed by atoms with Gasteiger partial charge in [0.15, 0.2) is 5.96 Å². The van der Waals surface area contributed by atoms with Gasteiger partial charge in [0.25, 0.3) is 0 Å². The van der Waals surface area contributed by atoms with Gasteiger partial charge < -0.3 is 15.4 Å². The number of hydrogen-bond acceptors (Lipinski definition) is 4. The molecule has 0 amide bonds. The Hall–Kier alpha value is -0.0900. The smallest absolute Gasteiger partial charge is 0.190 e. The number of ether oxygens (including phenoxy) is 1. The number of rotatable bonds is 11. The van der Waals surface area contributed by atoms with Crippen molar-refractivity contribution in [2.45, 2.75) is 39.5 Å². The van der Waals surface area contributed by atoms with Crippen LogP contribution in [0.3, 0.4) is 0 Å². The third-order valence-electron chi connectivity index (χ3n) is 3.92. The molecule has 144 valence electrons. The lowest BCUT2D eigenvalue weighted by Gasteiger charge is -2.25. The van der Waals surface area contributed by atoms with Crippen molar-refractivity contribution in [2.24, 2.45) is 16.3 Å². The summed E-state index contributed by atoms with van der Waals surface area (Å²) in [5, 5.41) is 6.53. The Morgan fingerprint density at radius 3 is 2.50 bits per heavy atom. The van der Waals surface area contributed by atoms with Crippen LogP contribution in [0.1, 0.15) is 39.5 Å². The third-order valence-corrected chi connectivity index (χ3v) is 4.86. The first-order valence-electron chi connectivity index (χ1n) is 8.42. The van der Waals surface area contributed by atoms with Crippen molar-refractivity contribution in [3.05, 3.63) is 0 Å². The Bertz CT molecular complexity index is 477. The van der Waals surface area contributed by atoms with E-state index in [2.05, 4.69) is 29.5 Å². The molecule has 1 saturated carbocycles. The molecule has 1 aliphatic carbocycles. The molecule has 0 spiro atoms. The lowest BCUT2D eigenvalue weighted by Crippen LogP contribution is -2.42. The van der Waals surface area contributed by atoms with Crippen LogP contribution in [0.15, 0.2) is 4.99 Å². The quantitative estimate of drug-likeness (QED) is 0.207. The van der Waals surface area contributed by atoms with Crippen molar-refractivity contribution in [3.8, 4) is 0 Å². The molecule has 0 bridgehead atoms. The Morgan fingerprint density at radius 1 is 1.29 bits per heavy atom. The number of sulfone groups is 1. The predicted octanol–water partition coefficient (Wildman–Crippen LogP) is 2.05. The Morgan fingerprint density at radius 2 is 1.96 bits per heavy atom. The molecule has 0 heterocycles. The Labute approximate surface area is 164 Å². The minimum absolute atomic E-state index is 0. The van der Waals surface area contributed by atoms with Gasteiger partial charge in [-0.3, -0.25) is 4.99 Å². The number of nitrogens with zero attached hydrogens (tertiary/aromatic N) is 1. The minimum atomic E-state index is -2.91. The number of aliphatic imine (C=N–C) groups is 1. The molecule has 0 radical (unpaired) electrons. The molecule has 1 rings (SSSR count). The van der Waals surface area contributed by atoms with E-state index in [9.17, 15) is 8.42 Å². The van der Waals surface area contributed by atoms with Crippen molar-refractivity contribution in [1.29, 1.82) is 0 Å².